The zero-order chi connectivity index (χ0) is 16.2. The molecule has 1 heterocycles. The van der Waals surface area contributed by atoms with Crippen LogP contribution in [0, 0.1) is 0 Å². The third-order valence-electron chi connectivity index (χ3n) is 3.52. The van der Waals surface area contributed by atoms with E-state index in [9.17, 15) is 4.79 Å². The number of nitrogens with zero attached hydrogens (tertiary/aromatic N) is 2. The third-order valence-corrected chi connectivity index (χ3v) is 3.52. The number of carbonyl (C=O) groups is 1. The van der Waals surface area contributed by atoms with Gasteiger partial charge in [0.2, 0.25) is 0 Å². The van der Waals surface area contributed by atoms with Crippen molar-refractivity contribution in [3.63, 3.8) is 0 Å². The van der Waals surface area contributed by atoms with Gasteiger partial charge in [0.05, 0.1) is 6.20 Å². The maximum atomic E-state index is 12.0. The van der Waals surface area contributed by atoms with E-state index in [1.807, 2.05) is 56.3 Å². The number of nitrogens with one attached hydrogen (secondary N) is 1. The summed E-state index contributed by atoms with van der Waals surface area (Å²) >= 11 is 0. The molecule has 0 saturated carbocycles. The van der Waals surface area contributed by atoms with Gasteiger partial charge in [-0.15, -0.1) is 0 Å². The molecule has 5 heteroatoms. The van der Waals surface area contributed by atoms with Crippen LogP contribution in [0.3, 0.4) is 0 Å². The zero-order valence-corrected chi connectivity index (χ0v) is 13.2. The average molecular weight is 309 g/mol. The lowest BCUT2D eigenvalue weighted by molar-refractivity contribution is -0.118. The number of fused-ring (bicyclic) bond motifs is 1. The minimum absolute atomic E-state index is 0.0401. The van der Waals surface area contributed by atoms with Crippen LogP contribution in [0.2, 0.25) is 0 Å². The summed E-state index contributed by atoms with van der Waals surface area (Å²) < 4.78 is 7.34. The minimum Gasteiger partial charge on any atom is -0.484 e. The first kappa shape index (κ1) is 15.1. The first-order chi connectivity index (χ1) is 11.1. The van der Waals surface area contributed by atoms with Gasteiger partial charge in [0, 0.05) is 12.1 Å². The molecule has 1 N–H and O–H groups in total. The summed E-state index contributed by atoms with van der Waals surface area (Å²) in [4.78, 5) is 12.0. The van der Waals surface area contributed by atoms with Crippen molar-refractivity contribution >= 4 is 22.5 Å². The van der Waals surface area contributed by atoms with Gasteiger partial charge in [0.1, 0.15) is 11.6 Å². The van der Waals surface area contributed by atoms with Gasteiger partial charge in [0.25, 0.3) is 5.91 Å². The molecule has 0 saturated heterocycles. The number of rotatable bonds is 5. The Morgan fingerprint density at radius 1 is 1.17 bits per heavy atom. The van der Waals surface area contributed by atoms with E-state index in [2.05, 4.69) is 10.4 Å². The molecule has 1 amide bonds. The third kappa shape index (κ3) is 3.51. The molecule has 0 aliphatic heterocycles. The molecule has 0 spiro atoms. The Morgan fingerprint density at radius 2 is 1.96 bits per heavy atom. The van der Waals surface area contributed by atoms with E-state index in [1.165, 1.54) is 0 Å². The number of ether oxygens (including phenoxy) is 1. The van der Waals surface area contributed by atoms with E-state index in [0.717, 1.165) is 10.8 Å². The van der Waals surface area contributed by atoms with Gasteiger partial charge < -0.3 is 10.1 Å². The molecule has 0 aliphatic rings. The highest BCUT2D eigenvalue weighted by molar-refractivity contribution is 5.91. The van der Waals surface area contributed by atoms with Gasteiger partial charge in [-0.05, 0) is 36.8 Å². The SMILES string of the molecule is CC(C)n1nccc1NC(=O)COc1ccc2ccccc2c1. The highest BCUT2D eigenvalue weighted by Gasteiger charge is 2.10. The quantitative estimate of drug-likeness (QED) is 0.783. The fraction of sp³-hybridized carbons (Fsp3) is 0.222. The van der Waals surface area contributed by atoms with Gasteiger partial charge in [0.15, 0.2) is 6.61 Å². The van der Waals surface area contributed by atoms with Gasteiger partial charge in [-0.3, -0.25) is 4.79 Å². The lowest BCUT2D eigenvalue weighted by Gasteiger charge is -2.12. The molecule has 23 heavy (non-hydrogen) atoms. The molecular formula is C18H19N3O2. The van der Waals surface area contributed by atoms with E-state index < -0.39 is 0 Å². The van der Waals surface area contributed by atoms with Crippen molar-refractivity contribution in [1.29, 1.82) is 0 Å². The Kier molecular flexibility index (Phi) is 4.28. The molecule has 2 aromatic carbocycles. The van der Waals surface area contributed by atoms with Crippen LogP contribution in [0.15, 0.2) is 54.7 Å². The van der Waals surface area contributed by atoms with Crippen molar-refractivity contribution in [2.45, 2.75) is 19.9 Å². The number of amides is 1. The normalized spacial score (nSPS) is 10.9. The summed E-state index contributed by atoms with van der Waals surface area (Å²) in [7, 11) is 0. The number of aromatic nitrogens is 2. The van der Waals surface area contributed by atoms with Crippen molar-refractivity contribution in [2.75, 3.05) is 11.9 Å². The van der Waals surface area contributed by atoms with Crippen LogP contribution in [0.1, 0.15) is 19.9 Å². The maximum absolute atomic E-state index is 12.0. The molecule has 3 rings (SSSR count). The molecule has 0 atom stereocenters. The van der Waals surface area contributed by atoms with Crippen LogP contribution in [-0.4, -0.2) is 22.3 Å². The second-order valence-corrected chi connectivity index (χ2v) is 5.60. The molecule has 0 aliphatic carbocycles. The monoisotopic (exact) mass is 309 g/mol. The average Bonchev–Trinajstić information content (AvgIpc) is 3.01. The predicted octanol–water partition coefficient (Wildman–Crippen LogP) is 3.63. The first-order valence-corrected chi connectivity index (χ1v) is 7.58. The predicted molar refractivity (Wildman–Crippen MR) is 90.7 cm³/mol. The molecule has 118 valence electrons. The Labute approximate surface area is 134 Å². The lowest BCUT2D eigenvalue weighted by Crippen LogP contribution is -2.22. The van der Waals surface area contributed by atoms with Crippen molar-refractivity contribution in [3.8, 4) is 5.75 Å². The molecule has 0 radical (unpaired) electrons. The van der Waals surface area contributed by atoms with Crippen molar-refractivity contribution in [3.05, 3.63) is 54.7 Å². The van der Waals surface area contributed by atoms with E-state index in [4.69, 9.17) is 4.74 Å². The number of carbonyl (C=O) groups excluding carboxylic acids is 1. The molecular weight excluding hydrogens is 290 g/mol. The Bertz CT molecular complexity index is 824. The number of hydrogen-bond donors (Lipinski definition) is 1. The molecule has 0 bridgehead atoms. The van der Waals surface area contributed by atoms with Gasteiger partial charge in [-0.25, -0.2) is 4.68 Å². The van der Waals surface area contributed by atoms with E-state index >= 15 is 0 Å². The molecule has 0 fully saturated rings. The Balaban J connectivity index is 1.62. The summed E-state index contributed by atoms with van der Waals surface area (Å²) in [6.07, 6.45) is 1.67. The second kappa shape index (κ2) is 6.52. The van der Waals surface area contributed by atoms with Crippen LogP contribution < -0.4 is 10.1 Å². The topological polar surface area (TPSA) is 56.2 Å². The Hall–Kier alpha value is -2.82. The smallest absolute Gasteiger partial charge is 0.263 e. The van der Waals surface area contributed by atoms with Crippen LogP contribution in [-0.2, 0) is 4.79 Å². The molecule has 5 nitrogen and oxygen atoms in total. The molecule has 3 aromatic rings. The fourth-order valence-corrected chi connectivity index (χ4v) is 2.41. The highest BCUT2D eigenvalue weighted by atomic mass is 16.5. The van der Waals surface area contributed by atoms with Crippen molar-refractivity contribution < 1.29 is 9.53 Å². The summed E-state index contributed by atoms with van der Waals surface area (Å²) in [6, 6.07) is 15.8. The summed E-state index contributed by atoms with van der Waals surface area (Å²) in [5, 5.41) is 9.23. The van der Waals surface area contributed by atoms with Gasteiger partial charge in [-0.1, -0.05) is 30.3 Å². The van der Waals surface area contributed by atoms with E-state index in [0.29, 0.717) is 11.6 Å². The van der Waals surface area contributed by atoms with E-state index in [1.54, 1.807) is 16.9 Å². The van der Waals surface area contributed by atoms with Crippen LogP contribution >= 0.6 is 0 Å². The number of benzene rings is 2. The number of anilines is 1. The lowest BCUT2D eigenvalue weighted by atomic mass is 10.1. The van der Waals surface area contributed by atoms with Crippen molar-refractivity contribution in [1.82, 2.24) is 9.78 Å². The summed E-state index contributed by atoms with van der Waals surface area (Å²) in [6.45, 7) is 3.98. The first-order valence-electron chi connectivity index (χ1n) is 7.58. The van der Waals surface area contributed by atoms with Crippen LogP contribution in [0.4, 0.5) is 5.82 Å². The molecule has 1 aromatic heterocycles. The second-order valence-electron chi connectivity index (χ2n) is 5.60. The summed E-state index contributed by atoms with van der Waals surface area (Å²) in [5.41, 5.74) is 0. The number of hydrogen-bond acceptors (Lipinski definition) is 3. The largest absolute Gasteiger partial charge is 0.484 e. The van der Waals surface area contributed by atoms with Crippen molar-refractivity contribution in [2.24, 2.45) is 0 Å². The Morgan fingerprint density at radius 3 is 2.74 bits per heavy atom. The summed E-state index contributed by atoms with van der Waals surface area (Å²) in [5.74, 6) is 1.14. The van der Waals surface area contributed by atoms with Gasteiger partial charge >= 0.3 is 0 Å². The zero-order valence-electron chi connectivity index (χ0n) is 13.2. The van der Waals surface area contributed by atoms with Crippen LogP contribution in [0.25, 0.3) is 10.8 Å². The van der Waals surface area contributed by atoms with Crippen LogP contribution in [0.5, 0.6) is 5.75 Å². The maximum Gasteiger partial charge on any atom is 0.263 e. The minimum atomic E-state index is -0.208. The highest BCUT2D eigenvalue weighted by Crippen LogP contribution is 2.20. The standard InChI is InChI=1S/C18H19N3O2/c1-13(2)21-17(9-10-19-21)20-18(22)12-23-16-8-7-14-5-3-4-6-15(14)11-16/h3-11,13H,12H2,1-2H3,(H,20,22). The fourth-order valence-electron chi connectivity index (χ4n) is 2.41. The van der Waals surface area contributed by atoms with Gasteiger partial charge in [-0.2, -0.15) is 5.10 Å². The molecule has 0 unspecified atom stereocenters. The van der Waals surface area contributed by atoms with E-state index in [-0.39, 0.29) is 18.6 Å².